The van der Waals surface area contributed by atoms with Gasteiger partial charge in [0.1, 0.15) is 0 Å². The Balaban J connectivity index is 1.32. The molecule has 0 fully saturated rings. The SMILES string of the molecule is CC1(C)c2ccccc2-c2c1cc(N(c1ccccc1)c1cc3c(c4ccccc14)-c1ccc4ccccc4c1C3(C)C)c1ccccc21. The predicted molar refractivity (Wildman–Crippen MR) is 209 cm³/mol. The van der Waals surface area contributed by atoms with Crippen LogP contribution in [0.5, 0.6) is 0 Å². The van der Waals surface area contributed by atoms with E-state index in [1.807, 2.05) is 0 Å². The first kappa shape index (κ1) is 28.4. The Morgan fingerprint density at radius 2 is 0.898 bits per heavy atom. The molecule has 1 heteroatoms. The zero-order valence-electron chi connectivity index (χ0n) is 28.4. The van der Waals surface area contributed by atoms with Gasteiger partial charge in [0.2, 0.25) is 0 Å². The van der Waals surface area contributed by atoms with E-state index in [2.05, 4.69) is 184 Å². The molecule has 0 amide bonds. The molecule has 0 saturated carbocycles. The second-order valence-electron chi connectivity index (χ2n) is 14.9. The average Bonchev–Trinajstić information content (AvgIpc) is 3.52. The van der Waals surface area contributed by atoms with Crippen LogP contribution < -0.4 is 4.90 Å². The number of anilines is 3. The average molecular weight is 628 g/mol. The summed E-state index contributed by atoms with van der Waals surface area (Å²) < 4.78 is 0. The van der Waals surface area contributed by atoms with Crippen molar-refractivity contribution in [3.8, 4) is 22.3 Å². The molecule has 0 spiro atoms. The summed E-state index contributed by atoms with van der Waals surface area (Å²) in [4.78, 5) is 2.54. The normalized spacial score (nSPS) is 14.9. The maximum Gasteiger partial charge on any atom is 0.0543 e. The van der Waals surface area contributed by atoms with Crippen molar-refractivity contribution < 1.29 is 0 Å². The highest BCUT2D eigenvalue weighted by Crippen LogP contribution is 2.58. The lowest BCUT2D eigenvalue weighted by Crippen LogP contribution is -2.18. The van der Waals surface area contributed by atoms with Gasteiger partial charge in [-0.1, -0.05) is 155 Å². The summed E-state index contributed by atoms with van der Waals surface area (Å²) in [6, 6.07) is 56.6. The van der Waals surface area contributed by atoms with Gasteiger partial charge in [0, 0.05) is 27.3 Å². The Bertz CT molecular complexity index is 2660. The maximum absolute atomic E-state index is 2.54. The van der Waals surface area contributed by atoms with E-state index in [9.17, 15) is 0 Å². The van der Waals surface area contributed by atoms with Crippen molar-refractivity contribution in [2.75, 3.05) is 4.90 Å². The number of para-hydroxylation sites is 1. The molecular weight excluding hydrogens is 591 g/mol. The molecule has 0 saturated heterocycles. The van der Waals surface area contributed by atoms with Gasteiger partial charge in [-0.25, -0.2) is 0 Å². The summed E-state index contributed by atoms with van der Waals surface area (Å²) in [6.07, 6.45) is 0. The van der Waals surface area contributed by atoms with Gasteiger partial charge in [-0.15, -0.1) is 0 Å². The molecule has 234 valence electrons. The minimum atomic E-state index is -0.184. The largest absolute Gasteiger partial charge is 0.309 e. The van der Waals surface area contributed by atoms with Crippen LogP contribution in [0.15, 0.2) is 152 Å². The molecule has 0 atom stereocenters. The molecule has 0 bridgehead atoms. The van der Waals surface area contributed by atoms with E-state index >= 15 is 0 Å². The third-order valence-electron chi connectivity index (χ3n) is 11.6. The summed E-state index contributed by atoms with van der Waals surface area (Å²) >= 11 is 0. The minimum absolute atomic E-state index is 0.127. The van der Waals surface area contributed by atoms with Crippen LogP contribution in [0.25, 0.3) is 54.6 Å². The van der Waals surface area contributed by atoms with Crippen LogP contribution in [0.2, 0.25) is 0 Å². The molecule has 8 aromatic rings. The van der Waals surface area contributed by atoms with Gasteiger partial charge in [-0.3, -0.25) is 0 Å². The summed E-state index contributed by atoms with van der Waals surface area (Å²) in [5.74, 6) is 0. The third-order valence-corrected chi connectivity index (χ3v) is 11.6. The Kier molecular flexibility index (Phi) is 5.75. The number of hydrogen-bond donors (Lipinski definition) is 0. The fraction of sp³-hybridized carbons (Fsp3) is 0.125. The van der Waals surface area contributed by atoms with Crippen molar-refractivity contribution in [2.24, 2.45) is 0 Å². The van der Waals surface area contributed by atoms with Crippen LogP contribution in [-0.4, -0.2) is 0 Å². The zero-order chi connectivity index (χ0) is 33.1. The van der Waals surface area contributed by atoms with Gasteiger partial charge >= 0.3 is 0 Å². The highest BCUT2D eigenvalue weighted by atomic mass is 15.1. The van der Waals surface area contributed by atoms with Crippen molar-refractivity contribution in [2.45, 2.75) is 38.5 Å². The topological polar surface area (TPSA) is 3.24 Å². The van der Waals surface area contributed by atoms with Crippen LogP contribution >= 0.6 is 0 Å². The standard InChI is InChI=1S/C48H37N/c1-47(2)39-25-15-14-24-37(39)44-35-22-12-10-20-33(35)42(28-40(44)47)49(31-17-6-5-7-18-31)43-29-41-45(36-23-13-11-21-34(36)43)38-27-26-30-16-8-9-19-32(30)46(38)48(41,3)4/h5-29H,1-4H3. The van der Waals surface area contributed by atoms with Gasteiger partial charge in [0.15, 0.2) is 0 Å². The van der Waals surface area contributed by atoms with Crippen molar-refractivity contribution in [1.29, 1.82) is 0 Å². The smallest absolute Gasteiger partial charge is 0.0543 e. The van der Waals surface area contributed by atoms with E-state index in [0.717, 1.165) is 5.69 Å². The summed E-state index contributed by atoms with van der Waals surface area (Å²) in [7, 11) is 0. The molecule has 1 nitrogen and oxygen atoms in total. The Morgan fingerprint density at radius 1 is 0.388 bits per heavy atom. The minimum Gasteiger partial charge on any atom is -0.309 e. The van der Waals surface area contributed by atoms with Gasteiger partial charge in [0.05, 0.1) is 11.4 Å². The molecule has 0 unspecified atom stereocenters. The van der Waals surface area contributed by atoms with Crippen LogP contribution in [0.3, 0.4) is 0 Å². The number of hydrogen-bond acceptors (Lipinski definition) is 1. The molecule has 0 aliphatic heterocycles. The van der Waals surface area contributed by atoms with Gasteiger partial charge in [-0.2, -0.15) is 0 Å². The van der Waals surface area contributed by atoms with Crippen molar-refractivity contribution in [3.05, 3.63) is 174 Å². The molecular formula is C48H37N. The lowest BCUT2D eigenvalue weighted by molar-refractivity contribution is 0.661. The second-order valence-corrected chi connectivity index (χ2v) is 14.9. The molecule has 8 aromatic carbocycles. The Morgan fingerprint density at radius 3 is 1.57 bits per heavy atom. The van der Waals surface area contributed by atoms with Crippen molar-refractivity contribution in [1.82, 2.24) is 0 Å². The monoisotopic (exact) mass is 627 g/mol. The quantitative estimate of drug-likeness (QED) is 0.188. The molecule has 2 aliphatic carbocycles. The van der Waals surface area contributed by atoms with E-state index in [1.54, 1.807) is 0 Å². The Labute approximate surface area is 288 Å². The first-order valence-corrected chi connectivity index (χ1v) is 17.5. The first-order valence-electron chi connectivity index (χ1n) is 17.5. The fourth-order valence-corrected chi connectivity index (χ4v) is 9.31. The highest BCUT2D eigenvalue weighted by molar-refractivity contribution is 6.15. The van der Waals surface area contributed by atoms with Crippen LogP contribution in [0.4, 0.5) is 17.1 Å². The summed E-state index contributed by atoms with van der Waals surface area (Å²) in [5, 5.41) is 7.77. The molecule has 10 rings (SSSR count). The van der Waals surface area contributed by atoms with E-state index in [4.69, 9.17) is 0 Å². The highest BCUT2D eigenvalue weighted by Gasteiger charge is 2.40. The molecule has 49 heavy (non-hydrogen) atoms. The lowest BCUT2D eigenvalue weighted by Gasteiger charge is -2.32. The van der Waals surface area contributed by atoms with E-state index in [1.165, 1.54) is 88.2 Å². The Hall–Kier alpha value is -5.66. The number of fused-ring (bicyclic) bond motifs is 12. The first-order chi connectivity index (χ1) is 23.9. The van der Waals surface area contributed by atoms with Crippen LogP contribution in [-0.2, 0) is 10.8 Å². The third kappa shape index (κ3) is 3.76. The number of nitrogens with zero attached hydrogens (tertiary/aromatic N) is 1. The van der Waals surface area contributed by atoms with Crippen molar-refractivity contribution in [3.63, 3.8) is 0 Å². The van der Waals surface area contributed by atoms with Crippen LogP contribution in [0, 0.1) is 0 Å². The molecule has 0 N–H and O–H groups in total. The fourth-order valence-electron chi connectivity index (χ4n) is 9.31. The molecule has 2 aliphatic rings. The van der Waals surface area contributed by atoms with Crippen molar-refractivity contribution >= 4 is 49.4 Å². The van der Waals surface area contributed by atoms with Crippen LogP contribution in [0.1, 0.15) is 49.9 Å². The zero-order valence-corrected chi connectivity index (χ0v) is 28.4. The van der Waals surface area contributed by atoms with E-state index < -0.39 is 0 Å². The predicted octanol–water partition coefficient (Wildman–Crippen LogP) is 13.2. The molecule has 0 aromatic heterocycles. The lowest BCUT2D eigenvalue weighted by atomic mass is 9.79. The van der Waals surface area contributed by atoms with E-state index in [0.29, 0.717) is 0 Å². The molecule has 0 heterocycles. The van der Waals surface area contributed by atoms with Gasteiger partial charge in [-0.05, 0) is 90.3 Å². The van der Waals surface area contributed by atoms with Gasteiger partial charge < -0.3 is 4.90 Å². The second kappa shape index (κ2) is 9.94. The molecule has 0 radical (unpaired) electrons. The summed E-state index contributed by atoms with van der Waals surface area (Å²) in [6.45, 7) is 9.61. The van der Waals surface area contributed by atoms with E-state index in [-0.39, 0.29) is 10.8 Å². The number of benzene rings is 8. The van der Waals surface area contributed by atoms with Gasteiger partial charge in [0.25, 0.3) is 0 Å². The number of rotatable bonds is 3. The maximum atomic E-state index is 2.54. The summed E-state index contributed by atoms with van der Waals surface area (Å²) in [5.41, 5.74) is 14.3.